The van der Waals surface area contributed by atoms with Gasteiger partial charge in [0.2, 0.25) is 5.91 Å². The molecule has 7 heteroatoms. The molecule has 1 aromatic carbocycles. The monoisotopic (exact) mass is 380 g/mol. The molecule has 6 nitrogen and oxygen atoms in total. The fourth-order valence-electron chi connectivity index (χ4n) is 4.34. The summed E-state index contributed by atoms with van der Waals surface area (Å²) >= 11 is 1.63. The Bertz CT molecular complexity index is 1120. The molecule has 138 valence electrons. The molecule has 3 aromatic rings. The average Bonchev–Trinajstić information content (AvgIpc) is 3.21. The highest BCUT2D eigenvalue weighted by Gasteiger charge is 2.31. The number of hydrogen-bond donors (Lipinski definition) is 2. The van der Waals surface area contributed by atoms with E-state index in [1.54, 1.807) is 11.3 Å². The molecule has 0 unspecified atom stereocenters. The molecule has 2 aliphatic rings. The molecule has 0 saturated carbocycles. The van der Waals surface area contributed by atoms with Crippen molar-refractivity contribution in [2.75, 3.05) is 0 Å². The lowest BCUT2D eigenvalue weighted by Gasteiger charge is -2.34. The highest BCUT2D eigenvalue weighted by molar-refractivity contribution is 7.18. The molecular weight excluding hydrogens is 360 g/mol. The third-order valence-corrected chi connectivity index (χ3v) is 6.84. The fraction of sp³-hybridized carbons (Fsp3) is 0.350. The number of hydrogen-bond acceptors (Lipinski definition) is 5. The Kier molecular flexibility index (Phi) is 3.87. The summed E-state index contributed by atoms with van der Waals surface area (Å²) in [6.07, 6.45) is 3.71. The number of H-pyrrole nitrogens is 1. The molecular formula is C20H20N4O2S. The van der Waals surface area contributed by atoms with E-state index in [0.717, 1.165) is 35.0 Å². The Hall–Kier alpha value is -2.51. The Morgan fingerprint density at radius 3 is 2.93 bits per heavy atom. The van der Waals surface area contributed by atoms with Crippen molar-refractivity contribution < 1.29 is 4.79 Å². The number of fused-ring (bicyclic) bond motifs is 4. The minimum atomic E-state index is -0.394. The molecule has 0 spiro atoms. The summed E-state index contributed by atoms with van der Waals surface area (Å²) in [5, 5.41) is 0.756. The van der Waals surface area contributed by atoms with Crippen molar-refractivity contribution in [1.82, 2.24) is 14.9 Å². The summed E-state index contributed by atoms with van der Waals surface area (Å²) < 4.78 is 0. The Balaban J connectivity index is 1.50. The second kappa shape index (κ2) is 6.28. The van der Waals surface area contributed by atoms with E-state index in [0.29, 0.717) is 25.3 Å². The fourth-order valence-corrected chi connectivity index (χ4v) is 5.62. The summed E-state index contributed by atoms with van der Waals surface area (Å²) in [4.78, 5) is 36.5. The van der Waals surface area contributed by atoms with E-state index in [1.165, 1.54) is 16.0 Å². The molecule has 1 amide bonds. The van der Waals surface area contributed by atoms with Crippen LogP contribution in [0.4, 0.5) is 0 Å². The maximum Gasteiger partial charge on any atom is 0.259 e. The summed E-state index contributed by atoms with van der Waals surface area (Å²) in [6.45, 7) is 1.02. The first kappa shape index (κ1) is 16.6. The van der Waals surface area contributed by atoms with Crippen LogP contribution in [0.2, 0.25) is 0 Å². The van der Waals surface area contributed by atoms with Crippen LogP contribution in [-0.4, -0.2) is 26.8 Å². The minimum Gasteiger partial charge on any atom is -0.368 e. The van der Waals surface area contributed by atoms with E-state index in [9.17, 15) is 9.59 Å². The smallest absolute Gasteiger partial charge is 0.259 e. The number of carbonyl (C=O) groups excluding carboxylic acids is 1. The number of amides is 1. The van der Waals surface area contributed by atoms with Crippen LogP contribution in [0.1, 0.15) is 33.8 Å². The number of thiophene rings is 1. The highest BCUT2D eigenvalue weighted by Crippen LogP contribution is 2.34. The van der Waals surface area contributed by atoms with Gasteiger partial charge >= 0.3 is 0 Å². The van der Waals surface area contributed by atoms with Gasteiger partial charge < -0.3 is 10.7 Å². The van der Waals surface area contributed by atoms with Gasteiger partial charge in [-0.25, -0.2) is 4.98 Å². The number of carbonyl (C=O) groups is 1. The van der Waals surface area contributed by atoms with E-state index in [-0.39, 0.29) is 11.5 Å². The lowest BCUT2D eigenvalue weighted by atomic mass is 9.93. The standard InChI is InChI=1S/C20H20N4O2S/c21-18(25)14-8-11-4-1-2-5-12(11)9-24(14)10-16-22-19(26)17-13-6-3-7-15(13)27-20(17)23-16/h1-2,4-5,14H,3,6-10H2,(H2,21,25)(H,22,23,26)/t14-/m0/s1. The van der Waals surface area contributed by atoms with Crippen molar-refractivity contribution in [2.24, 2.45) is 5.73 Å². The summed E-state index contributed by atoms with van der Waals surface area (Å²) in [6, 6.07) is 7.70. The van der Waals surface area contributed by atoms with Crippen molar-refractivity contribution in [2.45, 2.75) is 44.8 Å². The number of nitrogens with zero attached hydrogens (tertiary/aromatic N) is 2. The molecule has 2 aromatic heterocycles. The summed E-state index contributed by atoms with van der Waals surface area (Å²) in [5.74, 6) is 0.251. The van der Waals surface area contributed by atoms with Crippen molar-refractivity contribution in [1.29, 1.82) is 0 Å². The number of aryl methyl sites for hydroxylation is 2. The van der Waals surface area contributed by atoms with Gasteiger partial charge in [-0.1, -0.05) is 24.3 Å². The van der Waals surface area contributed by atoms with Gasteiger partial charge in [-0.3, -0.25) is 14.5 Å². The minimum absolute atomic E-state index is 0.0672. The second-order valence-corrected chi connectivity index (χ2v) is 8.43. The number of primary amides is 1. The summed E-state index contributed by atoms with van der Waals surface area (Å²) in [5.41, 5.74) is 9.12. The van der Waals surface area contributed by atoms with Gasteiger partial charge in [0.1, 0.15) is 10.7 Å². The van der Waals surface area contributed by atoms with Gasteiger partial charge in [0, 0.05) is 11.4 Å². The van der Waals surface area contributed by atoms with Crippen LogP contribution in [0.25, 0.3) is 10.2 Å². The van der Waals surface area contributed by atoms with Crippen LogP contribution in [-0.2, 0) is 37.1 Å². The largest absolute Gasteiger partial charge is 0.368 e. The summed E-state index contributed by atoms with van der Waals surface area (Å²) in [7, 11) is 0. The van der Waals surface area contributed by atoms with E-state index in [1.807, 2.05) is 23.1 Å². The van der Waals surface area contributed by atoms with Crippen LogP contribution in [0.5, 0.6) is 0 Å². The lowest BCUT2D eigenvalue weighted by molar-refractivity contribution is -0.124. The number of nitrogens with two attached hydrogens (primary N) is 1. The number of nitrogens with one attached hydrogen (secondary N) is 1. The number of aromatic nitrogens is 2. The maximum absolute atomic E-state index is 12.7. The number of benzene rings is 1. The molecule has 27 heavy (non-hydrogen) atoms. The second-order valence-electron chi connectivity index (χ2n) is 7.35. The van der Waals surface area contributed by atoms with Crippen molar-refractivity contribution >= 4 is 27.5 Å². The molecule has 0 radical (unpaired) electrons. The molecule has 0 bridgehead atoms. The average molecular weight is 380 g/mol. The van der Waals surface area contributed by atoms with Crippen LogP contribution in [0.15, 0.2) is 29.1 Å². The molecule has 3 heterocycles. The molecule has 3 N–H and O–H groups in total. The first-order valence-corrected chi connectivity index (χ1v) is 10.1. The Morgan fingerprint density at radius 2 is 2.11 bits per heavy atom. The molecule has 1 aliphatic carbocycles. The van der Waals surface area contributed by atoms with Crippen LogP contribution in [0.3, 0.4) is 0 Å². The molecule has 5 rings (SSSR count). The van der Waals surface area contributed by atoms with E-state index in [2.05, 4.69) is 11.1 Å². The van der Waals surface area contributed by atoms with Crippen molar-refractivity contribution in [3.63, 3.8) is 0 Å². The van der Waals surface area contributed by atoms with Gasteiger partial charge in [-0.05, 0) is 42.4 Å². The molecule has 0 saturated heterocycles. The van der Waals surface area contributed by atoms with E-state index < -0.39 is 6.04 Å². The zero-order chi connectivity index (χ0) is 18.5. The van der Waals surface area contributed by atoms with E-state index in [4.69, 9.17) is 10.7 Å². The van der Waals surface area contributed by atoms with Crippen LogP contribution in [0, 0.1) is 0 Å². The molecule has 1 atom stereocenters. The predicted octanol–water partition coefficient (Wildman–Crippen LogP) is 1.89. The van der Waals surface area contributed by atoms with Gasteiger partial charge in [-0.2, -0.15) is 0 Å². The first-order chi connectivity index (χ1) is 13.1. The zero-order valence-electron chi connectivity index (χ0n) is 14.8. The highest BCUT2D eigenvalue weighted by atomic mass is 32.1. The Morgan fingerprint density at radius 1 is 1.30 bits per heavy atom. The maximum atomic E-state index is 12.7. The zero-order valence-corrected chi connectivity index (χ0v) is 15.6. The van der Waals surface area contributed by atoms with Gasteiger partial charge in [0.15, 0.2) is 0 Å². The van der Waals surface area contributed by atoms with Crippen molar-refractivity contribution in [3.05, 3.63) is 62.0 Å². The Labute approximate surface area is 160 Å². The van der Waals surface area contributed by atoms with Crippen LogP contribution < -0.4 is 11.3 Å². The van der Waals surface area contributed by atoms with Gasteiger partial charge in [-0.15, -0.1) is 11.3 Å². The first-order valence-electron chi connectivity index (χ1n) is 9.24. The van der Waals surface area contributed by atoms with Crippen LogP contribution >= 0.6 is 11.3 Å². The predicted molar refractivity (Wildman–Crippen MR) is 105 cm³/mol. The third-order valence-electron chi connectivity index (χ3n) is 5.65. The van der Waals surface area contributed by atoms with Crippen molar-refractivity contribution in [3.8, 4) is 0 Å². The van der Waals surface area contributed by atoms with Gasteiger partial charge in [0.05, 0.1) is 18.0 Å². The number of rotatable bonds is 3. The molecule has 0 fully saturated rings. The SMILES string of the molecule is NC(=O)[C@@H]1Cc2ccccc2CN1Cc1nc2sc3c(c2c(=O)[nH]1)CCC3. The quantitative estimate of drug-likeness (QED) is 0.726. The lowest BCUT2D eigenvalue weighted by Crippen LogP contribution is -2.48. The van der Waals surface area contributed by atoms with E-state index >= 15 is 0 Å². The van der Waals surface area contributed by atoms with Gasteiger partial charge in [0.25, 0.3) is 5.56 Å². The normalized spacial score (nSPS) is 19.2. The molecule has 1 aliphatic heterocycles. The third kappa shape index (κ3) is 2.78. The topological polar surface area (TPSA) is 92.1 Å². The number of aromatic amines is 1.